The van der Waals surface area contributed by atoms with Gasteiger partial charge >= 0.3 is 5.95 Å². The van der Waals surface area contributed by atoms with E-state index < -0.39 is 0 Å². The summed E-state index contributed by atoms with van der Waals surface area (Å²) in [6, 6.07) is 13.8. The molecule has 0 radical (unpaired) electrons. The van der Waals surface area contributed by atoms with E-state index in [-0.39, 0.29) is 6.79 Å². The second kappa shape index (κ2) is 4.82. The van der Waals surface area contributed by atoms with Crippen molar-refractivity contribution < 1.29 is 14.0 Å². The molecule has 0 saturated carbocycles. The number of anilines is 1. The van der Waals surface area contributed by atoms with Crippen molar-refractivity contribution in [2.24, 2.45) is 0 Å². The van der Waals surface area contributed by atoms with Crippen LogP contribution in [0.2, 0.25) is 0 Å². The van der Waals surface area contributed by atoms with Crippen molar-refractivity contribution in [2.75, 3.05) is 12.5 Å². The molecule has 4 aromatic rings. The predicted octanol–water partition coefficient (Wildman–Crippen LogP) is 1.60. The van der Waals surface area contributed by atoms with Gasteiger partial charge in [-0.1, -0.05) is 23.2 Å². The molecular weight excluding hydrogens is 306 g/mol. The Morgan fingerprint density at radius 1 is 1.08 bits per heavy atom. The number of aromatic nitrogens is 4. The second-order valence-electron chi connectivity index (χ2n) is 5.68. The molecule has 2 aromatic carbocycles. The van der Waals surface area contributed by atoms with Crippen molar-refractivity contribution in [1.82, 2.24) is 15.1 Å². The second-order valence-corrected chi connectivity index (χ2v) is 5.68. The summed E-state index contributed by atoms with van der Waals surface area (Å²) in [6.45, 7) is 0.267. The van der Waals surface area contributed by atoms with Crippen LogP contribution in [0.15, 0.2) is 42.5 Å². The number of nitrogens with one attached hydrogen (secondary N) is 1. The summed E-state index contributed by atoms with van der Waals surface area (Å²) in [5.74, 6) is 2.72. The Bertz CT molecular complexity index is 1090. The Kier molecular flexibility index (Phi) is 2.64. The molecule has 2 aromatic heterocycles. The highest BCUT2D eigenvalue weighted by molar-refractivity contribution is 5.89. The van der Waals surface area contributed by atoms with Gasteiger partial charge in [0.1, 0.15) is 0 Å². The van der Waals surface area contributed by atoms with E-state index in [1.807, 2.05) is 47.0 Å². The molecule has 0 fully saturated rings. The third-order valence-electron chi connectivity index (χ3n) is 4.12. The molecule has 0 spiro atoms. The Balaban J connectivity index is 1.67. The number of benzene rings is 2. The molecule has 1 aliphatic heterocycles. The summed E-state index contributed by atoms with van der Waals surface area (Å²) in [7, 11) is 0. The molecular formula is C17H14N5O2+. The average Bonchev–Trinajstić information content (AvgIpc) is 3.20. The highest BCUT2D eigenvalue weighted by atomic mass is 16.7. The third kappa shape index (κ3) is 1.95. The van der Waals surface area contributed by atoms with Crippen molar-refractivity contribution in [3.05, 3.63) is 53.9 Å². The Hall–Kier alpha value is -3.35. The van der Waals surface area contributed by atoms with Gasteiger partial charge in [-0.25, -0.2) is 0 Å². The lowest BCUT2D eigenvalue weighted by Gasteiger charge is -2.02. The molecule has 0 saturated heterocycles. The van der Waals surface area contributed by atoms with Crippen molar-refractivity contribution in [3.63, 3.8) is 0 Å². The fourth-order valence-electron chi connectivity index (χ4n) is 3.03. The standard InChI is InChI=1S/C17H13N5O2/c18-17-20-16-11-3-1-2-4-12(11)19-15(22(16)21-17)8-10-5-6-13-14(7-10)24-9-23-13/h1-7H,8-9H2,(H2,18,21)/p+1. The fraction of sp³-hybridized carbons (Fsp3) is 0.118. The average molecular weight is 320 g/mol. The number of nitrogens with zero attached hydrogens (tertiary/aromatic N) is 3. The summed E-state index contributed by atoms with van der Waals surface area (Å²) in [6.07, 6.45) is 0.615. The van der Waals surface area contributed by atoms with Crippen LogP contribution >= 0.6 is 0 Å². The van der Waals surface area contributed by atoms with Gasteiger partial charge in [-0.3, -0.25) is 0 Å². The van der Waals surface area contributed by atoms with Crippen molar-refractivity contribution in [3.8, 4) is 11.5 Å². The zero-order valence-corrected chi connectivity index (χ0v) is 12.7. The number of rotatable bonds is 2. The molecule has 3 N–H and O–H groups in total. The highest BCUT2D eigenvalue weighted by Gasteiger charge is 2.21. The van der Waals surface area contributed by atoms with Gasteiger partial charge in [-0.2, -0.15) is 5.10 Å². The fourth-order valence-corrected chi connectivity index (χ4v) is 3.03. The number of aromatic amines is 1. The van der Waals surface area contributed by atoms with Crippen molar-refractivity contribution in [2.45, 2.75) is 6.42 Å². The smallest absolute Gasteiger partial charge is 0.301 e. The number of fused-ring (bicyclic) bond motifs is 4. The van der Waals surface area contributed by atoms with E-state index >= 15 is 0 Å². The zero-order chi connectivity index (χ0) is 16.1. The van der Waals surface area contributed by atoms with Crippen LogP contribution < -0.4 is 19.7 Å². The largest absolute Gasteiger partial charge is 0.454 e. The molecule has 24 heavy (non-hydrogen) atoms. The van der Waals surface area contributed by atoms with Gasteiger partial charge in [0.2, 0.25) is 6.79 Å². The first-order valence-corrected chi connectivity index (χ1v) is 7.61. The first kappa shape index (κ1) is 13.1. The van der Waals surface area contributed by atoms with E-state index in [0.29, 0.717) is 12.4 Å². The van der Waals surface area contributed by atoms with Crippen LogP contribution in [-0.2, 0) is 6.42 Å². The van der Waals surface area contributed by atoms with Crippen LogP contribution in [-0.4, -0.2) is 21.9 Å². The summed E-state index contributed by atoms with van der Waals surface area (Å²) >= 11 is 0. The van der Waals surface area contributed by atoms with Gasteiger partial charge in [-0.15, -0.1) is 9.50 Å². The Labute approximate surface area is 136 Å². The minimum atomic E-state index is 0.267. The first-order chi connectivity index (χ1) is 11.8. The molecule has 5 rings (SSSR count). The SMILES string of the molecule is Nc1nc2c3ccccc3nc(Cc3ccc4c(c3)OCO4)[n+]2[nH]1. The monoisotopic (exact) mass is 320 g/mol. The minimum Gasteiger partial charge on any atom is -0.454 e. The van der Waals surface area contributed by atoms with Crippen LogP contribution in [0, 0.1) is 0 Å². The Morgan fingerprint density at radius 3 is 2.92 bits per heavy atom. The number of nitrogens with two attached hydrogens (primary N) is 1. The van der Waals surface area contributed by atoms with Gasteiger partial charge < -0.3 is 15.2 Å². The van der Waals surface area contributed by atoms with E-state index in [2.05, 4.69) is 10.1 Å². The number of nitrogen functional groups attached to an aromatic ring is 1. The van der Waals surface area contributed by atoms with Crippen LogP contribution in [0.3, 0.4) is 0 Å². The van der Waals surface area contributed by atoms with Crippen molar-refractivity contribution >= 4 is 22.5 Å². The normalized spacial score (nSPS) is 13.0. The quantitative estimate of drug-likeness (QED) is 0.548. The molecule has 7 nitrogen and oxygen atoms in total. The molecule has 0 atom stereocenters. The molecule has 1 aliphatic rings. The maximum Gasteiger partial charge on any atom is 0.301 e. The molecule has 0 aliphatic carbocycles. The summed E-state index contributed by atoms with van der Waals surface area (Å²) in [4.78, 5) is 9.17. The highest BCUT2D eigenvalue weighted by Crippen LogP contribution is 2.32. The number of H-pyrrole nitrogens is 1. The van der Waals surface area contributed by atoms with Gasteiger partial charge in [0.15, 0.2) is 17.0 Å². The van der Waals surface area contributed by atoms with Crippen LogP contribution in [0.25, 0.3) is 16.6 Å². The number of hydrogen-bond acceptors (Lipinski definition) is 5. The third-order valence-corrected chi connectivity index (χ3v) is 4.12. The van der Waals surface area contributed by atoms with E-state index in [0.717, 1.165) is 39.4 Å². The van der Waals surface area contributed by atoms with Gasteiger partial charge in [0.25, 0.3) is 11.5 Å². The molecule has 7 heteroatoms. The molecule has 118 valence electrons. The topological polar surface area (TPSA) is 90.2 Å². The minimum absolute atomic E-state index is 0.267. The summed E-state index contributed by atoms with van der Waals surface area (Å²) in [5.41, 5.74) is 8.60. The summed E-state index contributed by atoms with van der Waals surface area (Å²) < 4.78 is 12.6. The molecule has 0 bridgehead atoms. The maximum absolute atomic E-state index is 5.87. The van der Waals surface area contributed by atoms with Crippen molar-refractivity contribution in [1.29, 1.82) is 0 Å². The molecule has 0 unspecified atom stereocenters. The van der Waals surface area contributed by atoms with E-state index in [1.165, 1.54) is 0 Å². The number of hydrogen-bond donors (Lipinski definition) is 2. The molecule has 0 amide bonds. The zero-order valence-electron chi connectivity index (χ0n) is 12.7. The lowest BCUT2D eigenvalue weighted by Crippen LogP contribution is -2.31. The molecule has 3 heterocycles. The lowest BCUT2D eigenvalue weighted by molar-refractivity contribution is -0.587. The first-order valence-electron chi connectivity index (χ1n) is 7.61. The van der Waals surface area contributed by atoms with Gasteiger partial charge in [0, 0.05) is 0 Å². The van der Waals surface area contributed by atoms with Crippen LogP contribution in [0.5, 0.6) is 11.5 Å². The van der Waals surface area contributed by atoms with Crippen LogP contribution in [0.4, 0.5) is 5.95 Å². The van der Waals surface area contributed by atoms with E-state index in [1.54, 1.807) is 0 Å². The van der Waals surface area contributed by atoms with E-state index in [9.17, 15) is 0 Å². The lowest BCUT2D eigenvalue weighted by atomic mass is 10.1. The summed E-state index contributed by atoms with van der Waals surface area (Å²) in [5, 5.41) is 4.01. The maximum atomic E-state index is 5.87. The Morgan fingerprint density at radius 2 is 1.96 bits per heavy atom. The van der Waals surface area contributed by atoms with Crippen LogP contribution in [0.1, 0.15) is 11.4 Å². The van der Waals surface area contributed by atoms with E-state index in [4.69, 9.17) is 20.2 Å². The van der Waals surface area contributed by atoms with Gasteiger partial charge in [0.05, 0.1) is 11.8 Å². The predicted molar refractivity (Wildman–Crippen MR) is 86.8 cm³/mol. The number of ether oxygens (including phenoxy) is 2. The number of para-hydroxylation sites is 1. The van der Waals surface area contributed by atoms with Gasteiger partial charge in [-0.05, 0) is 29.8 Å².